The maximum absolute atomic E-state index is 12.0. The summed E-state index contributed by atoms with van der Waals surface area (Å²) >= 11 is 0. The number of carbonyl (C=O) groups is 1. The normalized spacial score (nSPS) is 15.1. The zero-order chi connectivity index (χ0) is 14.0. The van der Waals surface area contributed by atoms with Gasteiger partial charge in [0.15, 0.2) is 0 Å². The van der Waals surface area contributed by atoms with Crippen LogP contribution in [0.1, 0.15) is 28.8 Å². The number of nitrogens with zero attached hydrogens (tertiary/aromatic N) is 1. The smallest absolute Gasteiger partial charge is 0.270 e. The third-order valence-corrected chi connectivity index (χ3v) is 3.40. The maximum Gasteiger partial charge on any atom is 0.270 e. The second-order valence-corrected chi connectivity index (χ2v) is 4.97. The van der Waals surface area contributed by atoms with Gasteiger partial charge in [0, 0.05) is 30.3 Å². The summed E-state index contributed by atoms with van der Waals surface area (Å²) in [6.45, 7) is 2.16. The van der Waals surface area contributed by atoms with Crippen molar-refractivity contribution < 1.29 is 9.72 Å². The molecule has 0 spiro atoms. The van der Waals surface area contributed by atoms with E-state index in [1.165, 1.54) is 12.1 Å². The number of hydrogen-bond acceptors (Lipinski definition) is 4. The Morgan fingerprint density at radius 3 is 2.75 bits per heavy atom. The molecular weight excluding hydrogens is 282 g/mol. The lowest BCUT2D eigenvalue weighted by atomic mass is 10.1. The monoisotopic (exact) mass is 299 g/mol. The van der Waals surface area contributed by atoms with Crippen LogP contribution >= 0.6 is 12.4 Å². The van der Waals surface area contributed by atoms with E-state index >= 15 is 0 Å². The number of carbonyl (C=O) groups excluding carboxylic acids is 1. The molecule has 1 aliphatic carbocycles. The van der Waals surface area contributed by atoms with Crippen LogP contribution in [0.3, 0.4) is 0 Å². The van der Waals surface area contributed by atoms with Crippen molar-refractivity contribution in [3.63, 3.8) is 0 Å². The third-order valence-electron chi connectivity index (χ3n) is 3.40. The molecule has 0 aromatic heterocycles. The Balaban J connectivity index is 0.00000200. The van der Waals surface area contributed by atoms with Crippen molar-refractivity contribution in [2.45, 2.75) is 25.8 Å². The minimum atomic E-state index is -0.508. The minimum absolute atomic E-state index is 0. The predicted octanol–water partition coefficient (Wildman–Crippen LogP) is 1.79. The summed E-state index contributed by atoms with van der Waals surface area (Å²) in [6, 6.07) is 4.24. The summed E-state index contributed by atoms with van der Waals surface area (Å²) in [4.78, 5) is 22.2. The number of amides is 1. The lowest BCUT2D eigenvalue weighted by molar-refractivity contribution is -0.384. The van der Waals surface area contributed by atoms with Crippen LogP contribution in [0.5, 0.6) is 0 Å². The molecule has 1 aliphatic rings. The van der Waals surface area contributed by atoms with E-state index in [1.807, 2.05) is 0 Å². The first-order chi connectivity index (χ1) is 8.99. The highest BCUT2D eigenvalue weighted by Gasteiger charge is 2.28. The molecule has 110 valence electrons. The number of aryl methyl sites for hydroxylation is 1. The zero-order valence-corrected chi connectivity index (χ0v) is 12.0. The molecule has 0 bridgehead atoms. The van der Waals surface area contributed by atoms with Crippen LogP contribution in [-0.2, 0) is 0 Å². The van der Waals surface area contributed by atoms with Gasteiger partial charge in [-0.15, -0.1) is 12.4 Å². The molecule has 1 saturated carbocycles. The first-order valence-electron chi connectivity index (χ1n) is 6.28. The molecule has 0 radical (unpaired) electrons. The first kappa shape index (κ1) is 16.4. The zero-order valence-electron chi connectivity index (χ0n) is 11.2. The standard InChI is InChI=1S/C13H17N3O3.ClH/c1-8-2-5-10(16(18)19)6-11(8)13(17)15-7-12(14)9-3-4-9;/h2,5-6,9,12H,3-4,7,14H2,1H3,(H,15,17);1H. The van der Waals surface area contributed by atoms with Crippen LogP contribution in [0.2, 0.25) is 0 Å². The lowest BCUT2D eigenvalue weighted by Gasteiger charge is -2.12. The van der Waals surface area contributed by atoms with Crippen molar-refractivity contribution in [3.05, 3.63) is 39.4 Å². The van der Waals surface area contributed by atoms with Gasteiger partial charge in [-0.1, -0.05) is 6.07 Å². The highest BCUT2D eigenvalue weighted by Crippen LogP contribution is 2.31. The summed E-state index contributed by atoms with van der Waals surface area (Å²) in [5, 5.41) is 13.4. The van der Waals surface area contributed by atoms with Gasteiger partial charge in [-0.3, -0.25) is 14.9 Å². The van der Waals surface area contributed by atoms with Gasteiger partial charge in [-0.2, -0.15) is 0 Å². The Bertz CT molecular complexity index is 518. The molecule has 1 aromatic carbocycles. The van der Waals surface area contributed by atoms with Crippen LogP contribution in [0, 0.1) is 23.0 Å². The fraction of sp³-hybridized carbons (Fsp3) is 0.462. The highest BCUT2D eigenvalue weighted by molar-refractivity contribution is 5.96. The van der Waals surface area contributed by atoms with Crippen molar-refractivity contribution >= 4 is 24.0 Å². The molecule has 2 rings (SSSR count). The molecule has 1 amide bonds. The molecule has 1 atom stereocenters. The number of hydrogen-bond donors (Lipinski definition) is 2. The van der Waals surface area contributed by atoms with Crippen LogP contribution in [0.15, 0.2) is 18.2 Å². The van der Waals surface area contributed by atoms with Gasteiger partial charge in [0.1, 0.15) is 0 Å². The largest absolute Gasteiger partial charge is 0.350 e. The van der Waals surface area contributed by atoms with Crippen molar-refractivity contribution in [1.29, 1.82) is 0 Å². The quantitative estimate of drug-likeness (QED) is 0.639. The Kier molecular flexibility index (Phi) is 5.47. The fourth-order valence-electron chi connectivity index (χ4n) is 1.96. The van der Waals surface area contributed by atoms with Crippen molar-refractivity contribution in [2.24, 2.45) is 11.7 Å². The molecule has 7 heteroatoms. The molecular formula is C13H18ClN3O3. The molecule has 3 N–H and O–H groups in total. The Morgan fingerprint density at radius 2 is 2.20 bits per heavy atom. The molecule has 1 fully saturated rings. The first-order valence-corrected chi connectivity index (χ1v) is 6.28. The fourth-order valence-corrected chi connectivity index (χ4v) is 1.96. The van der Waals surface area contributed by atoms with E-state index in [-0.39, 0.29) is 30.0 Å². The molecule has 1 aromatic rings. The van der Waals surface area contributed by atoms with Gasteiger partial charge in [-0.05, 0) is 31.2 Å². The van der Waals surface area contributed by atoms with Gasteiger partial charge in [0.25, 0.3) is 11.6 Å². The molecule has 0 saturated heterocycles. The van der Waals surface area contributed by atoms with Gasteiger partial charge >= 0.3 is 0 Å². The number of non-ortho nitro benzene ring substituents is 1. The van der Waals surface area contributed by atoms with E-state index in [0.29, 0.717) is 23.6 Å². The van der Waals surface area contributed by atoms with Gasteiger partial charge in [0.05, 0.1) is 4.92 Å². The van der Waals surface area contributed by atoms with E-state index in [9.17, 15) is 14.9 Å². The summed E-state index contributed by atoms with van der Waals surface area (Å²) in [7, 11) is 0. The lowest BCUT2D eigenvalue weighted by Crippen LogP contribution is -2.38. The molecule has 0 heterocycles. The van der Waals surface area contributed by atoms with E-state index in [2.05, 4.69) is 5.32 Å². The number of nitro groups is 1. The van der Waals surface area contributed by atoms with Crippen molar-refractivity contribution in [3.8, 4) is 0 Å². The van der Waals surface area contributed by atoms with E-state index < -0.39 is 4.92 Å². The Labute approximate surface area is 123 Å². The van der Waals surface area contributed by atoms with Gasteiger partial charge < -0.3 is 11.1 Å². The second-order valence-electron chi connectivity index (χ2n) is 4.97. The van der Waals surface area contributed by atoms with E-state index in [0.717, 1.165) is 12.8 Å². The molecule has 1 unspecified atom stereocenters. The van der Waals surface area contributed by atoms with Crippen LogP contribution < -0.4 is 11.1 Å². The summed E-state index contributed by atoms with van der Waals surface area (Å²) in [5.74, 6) is 0.198. The number of nitrogens with one attached hydrogen (secondary N) is 1. The second kappa shape index (κ2) is 6.67. The highest BCUT2D eigenvalue weighted by atomic mass is 35.5. The number of halogens is 1. The van der Waals surface area contributed by atoms with Crippen molar-refractivity contribution in [2.75, 3.05) is 6.54 Å². The van der Waals surface area contributed by atoms with Crippen LogP contribution in [0.4, 0.5) is 5.69 Å². The number of nitro benzene ring substituents is 1. The topological polar surface area (TPSA) is 98.3 Å². The third kappa shape index (κ3) is 3.91. The molecule has 20 heavy (non-hydrogen) atoms. The number of nitrogens with two attached hydrogens (primary N) is 1. The van der Waals surface area contributed by atoms with E-state index in [4.69, 9.17) is 5.73 Å². The molecule has 0 aliphatic heterocycles. The van der Waals surface area contributed by atoms with E-state index in [1.54, 1.807) is 13.0 Å². The van der Waals surface area contributed by atoms with Gasteiger partial charge in [0.2, 0.25) is 0 Å². The van der Waals surface area contributed by atoms with Crippen LogP contribution in [-0.4, -0.2) is 23.4 Å². The average Bonchev–Trinajstić information content (AvgIpc) is 3.20. The Hall–Kier alpha value is -1.66. The van der Waals surface area contributed by atoms with Gasteiger partial charge in [-0.25, -0.2) is 0 Å². The van der Waals surface area contributed by atoms with Crippen LogP contribution in [0.25, 0.3) is 0 Å². The van der Waals surface area contributed by atoms with Crippen molar-refractivity contribution in [1.82, 2.24) is 5.32 Å². The minimum Gasteiger partial charge on any atom is -0.350 e. The maximum atomic E-state index is 12.0. The predicted molar refractivity (Wildman–Crippen MR) is 78.1 cm³/mol. The summed E-state index contributed by atoms with van der Waals surface area (Å²) < 4.78 is 0. The number of benzene rings is 1. The average molecular weight is 300 g/mol. The number of rotatable bonds is 5. The Morgan fingerprint density at radius 1 is 1.55 bits per heavy atom. The summed E-state index contributed by atoms with van der Waals surface area (Å²) in [6.07, 6.45) is 2.24. The summed E-state index contributed by atoms with van der Waals surface area (Å²) in [5.41, 5.74) is 6.86. The SMILES string of the molecule is Cc1ccc([N+](=O)[O-])cc1C(=O)NCC(N)C1CC1.Cl. The molecule has 6 nitrogen and oxygen atoms in total.